The van der Waals surface area contributed by atoms with Crippen molar-refractivity contribution in [3.8, 4) is 11.5 Å². The van der Waals surface area contributed by atoms with Crippen LogP contribution in [0, 0.1) is 0 Å². The van der Waals surface area contributed by atoms with Gasteiger partial charge in [-0.15, -0.1) is 0 Å². The molecule has 7 nitrogen and oxygen atoms in total. The van der Waals surface area contributed by atoms with Gasteiger partial charge in [0.1, 0.15) is 17.1 Å². The van der Waals surface area contributed by atoms with Crippen LogP contribution in [0.25, 0.3) is 16.8 Å². The Morgan fingerprint density at radius 3 is 2.20 bits per heavy atom. The fraction of sp³-hybridized carbons (Fsp3) is 0.0870. The van der Waals surface area contributed by atoms with Gasteiger partial charge in [0.15, 0.2) is 0 Å². The predicted octanol–water partition coefficient (Wildman–Crippen LogP) is 3.52. The lowest BCUT2D eigenvalue weighted by Crippen LogP contribution is -2.54. The number of anilines is 1. The molecule has 1 N–H and O–H groups in total. The first-order valence-corrected chi connectivity index (χ1v) is 9.14. The molecular weight excluding hydrogens is 384 g/mol. The van der Waals surface area contributed by atoms with Crippen LogP contribution in [-0.4, -0.2) is 32.1 Å². The Morgan fingerprint density at radius 1 is 0.833 bits per heavy atom. The number of methoxy groups -OCH3 is 2. The van der Waals surface area contributed by atoms with Crippen molar-refractivity contribution in [2.75, 3.05) is 19.1 Å². The average Bonchev–Trinajstić information content (AvgIpc) is 2.77. The van der Waals surface area contributed by atoms with Crippen molar-refractivity contribution < 1.29 is 23.9 Å². The van der Waals surface area contributed by atoms with Crippen molar-refractivity contribution >= 4 is 40.4 Å². The number of rotatable bonds is 4. The number of barbiturate groups is 1. The van der Waals surface area contributed by atoms with Gasteiger partial charge in [-0.25, -0.2) is 9.69 Å². The summed E-state index contributed by atoms with van der Waals surface area (Å²) in [7, 11) is 3.10. The Kier molecular flexibility index (Phi) is 4.93. The molecule has 0 spiro atoms. The van der Waals surface area contributed by atoms with Crippen molar-refractivity contribution in [2.45, 2.75) is 0 Å². The van der Waals surface area contributed by atoms with Crippen molar-refractivity contribution in [3.05, 3.63) is 71.8 Å². The third-order valence-corrected chi connectivity index (χ3v) is 4.87. The first-order valence-electron chi connectivity index (χ1n) is 9.14. The zero-order chi connectivity index (χ0) is 21.3. The van der Waals surface area contributed by atoms with Crippen molar-refractivity contribution in [2.24, 2.45) is 0 Å². The van der Waals surface area contributed by atoms with Gasteiger partial charge in [0.25, 0.3) is 11.8 Å². The molecule has 3 aromatic rings. The molecule has 0 bridgehead atoms. The summed E-state index contributed by atoms with van der Waals surface area (Å²) in [6.45, 7) is 0. The van der Waals surface area contributed by atoms with Crippen LogP contribution in [0.1, 0.15) is 5.56 Å². The molecule has 1 aliphatic rings. The number of imide groups is 2. The molecule has 0 unspecified atom stereocenters. The van der Waals surface area contributed by atoms with Gasteiger partial charge in [-0.05, 0) is 47.4 Å². The van der Waals surface area contributed by atoms with Crippen LogP contribution in [0.4, 0.5) is 10.5 Å². The lowest BCUT2D eigenvalue weighted by molar-refractivity contribution is -0.122. The minimum absolute atomic E-state index is 0.138. The number of fused-ring (bicyclic) bond motifs is 1. The highest BCUT2D eigenvalue weighted by molar-refractivity contribution is 6.39. The second kappa shape index (κ2) is 7.71. The van der Waals surface area contributed by atoms with Gasteiger partial charge in [0.2, 0.25) is 0 Å². The molecule has 0 radical (unpaired) electrons. The van der Waals surface area contributed by atoms with E-state index in [0.29, 0.717) is 22.7 Å². The van der Waals surface area contributed by atoms with E-state index < -0.39 is 17.8 Å². The normalized spacial score (nSPS) is 15.5. The molecule has 0 saturated carbocycles. The number of benzene rings is 3. The smallest absolute Gasteiger partial charge is 0.335 e. The molecule has 0 aromatic heterocycles. The molecule has 7 heteroatoms. The van der Waals surface area contributed by atoms with E-state index in [4.69, 9.17) is 9.47 Å². The summed E-state index contributed by atoms with van der Waals surface area (Å²) >= 11 is 0. The summed E-state index contributed by atoms with van der Waals surface area (Å²) in [4.78, 5) is 38.8. The lowest BCUT2D eigenvalue weighted by Gasteiger charge is -2.26. The van der Waals surface area contributed by atoms with E-state index in [-0.39, 0.29) is 5.57 Å². The molecule has 1 fully saturated rings. The largest absolute Gasteiger partial charge is 0.497 e. The maximum absolute atomic E-state index is 13.1. The van der Waals surface area contributed by atoms with Crippen LogP contribution < -0.4 is 19.7 Å². The number of hydrogen-bond acceptors (Lipinski definition) is 5. The van der Waals surface area contributed by atoms with E-state index in [2.05, 4.69) is 5.32 Å². The van der Waals surface area contributed by atoms with Gasteiger partial charge in [-0.1, -0.05) is 30.3 Å². The molecule has 0 aliphatic carbocycles. The standard InChI is InChI=1S/C23H18N2O5/c1-29-16-10-8-15(9-11-16)25-22(27)19(21(26)24-23(25)28)13-14-7-12-20(30-2)18-6-4-3-5-17(14)18/h3-13H,1-2H3,(H,24,26,28)/b19-13+. The Labute approximate surface area is 172 Å². The third kappa shape index (κ3) is 3.26. The summed E-state index contributed by atoms with van der Waals surface area (Å²) in [5, 5.41) is 3.90. The highest BCUT2D eigenvalue weighted by Gasteiger charge is 2.36. The zero-order valence-electron chi connectivity index (χ0n) is 16.3. The van der Waals surface area contributed by atoms with Crippen molar-refractivity contribution in [3.63, 3.8) is 0 Å². The average molecular weight is 402 g/mol. The number of amides is 4. The second-order valence-corrected chi connectivity index (χ2v) is 6.56. The Bertz CT molecular complexity index is 1200. The van der Waals surface area contributed by atoms with Crippen LogP contribution >= 0.6 is 0 Å². The van der Waals surface area contributed by atoms with Crippen LogP contribution in [0.5, 0.6) is 11.5 Å². The van der Waals surface area contributed by atoms with E-state index in [1.807, 2.05) is 24.3 Å². The summed E-state index contributed by atoms with van der Waals surface area (Å²) in [5.74, 6) is -0.175. The minimum Gasteiger partial charge on any atom is -0.497 e. The Morgan fingerprint density at radius 2 is 1.53 bits per heavy atom. The first kappa shape index (κ1) is 19.2. The monoisotopic (exact) mass is 402 g/mol. The topological polar surface area (TPSA) is 84.9 Å². The number of nitrogens with zero attached hydrogens (tertiary/aromatic N) is 1. The Hall–Kier alpha value is -4.13. The summed E-state index contributed by atoms with van der Waals surface area (Å²) < 4.78 is 10.5. The first-order chi connectivity index (χ1) is 14.5. The summed E-state index contributed by atoms with van der Waals surface area (Å²) in [6.07, 6.45) is 1.49. The highest BCUT2D eigenvalue weighted by Crippen LogP contribution is 2.31. The van der Waals surface area contributed by atoms with E-state index in [0.717, 1.165) is 15.7 Å². The molecule has 150 valence electrons. The highest BCUT2D eigenvalue weighted by atomic mass is 16.5. The maximum atomic E-state index is 13.1. The van der Waals surface area contributed by atoms with Crippen LogP contribution in [0.3, 0.4) is 0 Å². The second-order valence-electron chi connectivity index (χ2n) is 6.56. The zero-order valence-corrected chi connectivity index (χ0v) is 16.3. The lowest BCUT2D eigenvalue weighted by atomic mass is 10.00. The fourth-order valence-electron chi connectivity index (χ4n) is 3.38. The summed E-state index contributed by atoms with van der Waals surface area (Å²) in [6, 6.07) is 16.7. The third-order valence-electron chi connectivity index (χ3n) is 4.87. The van der Waals surface area contributed by atoms with Crippen LogP contribution in [-0.2, 0) is 9.59 Å². The molecule has 4 rings (SSSR count). The minimum atomic E-state index is -0.799. The van der Waals surface area contributed by atoms with Crippen LogP contribution in [0.2, 0.25) is 0 Å². The number of hydrogen-bond donors (Lipinski definition) is 1. The number of carbonyl (C=O) groups excluding carboxylic acids is 3. The van der Waals surface area contributed by atoms with Gasteiger partial charge >= 0.3 is 6.03 Å². The van der Waals surface area contributed by atoms with E-state index in [1.165, 1.54) is 13.2 Å². The van der Waals surface area contributed by atoms with Gasteiger partial charge in [0.05, 0.1) is 19.9 Å². The van der Waals surface area contributed by atoms with Gasteiger partial charge in [-0.2, -0.15) is 0 Å². The van der Waals surface area contributed by atoms with E-state index in [1.54, 1.807) is 43.5 Å². The van der Waals surface area contributed by atoms with E-state index in [9.17, 15) is 14.4 Å². The number of nitrogens with one attached hydrogen (secondary N) is 1. The maximum Gasteiger partial charge on any atom is 0.335 e. The molecule has 1 aliphatic heterocycles. The van der Waals surface area contributed by atoms with Gasteiger partial charge < -0.3 is 9.47 Å². The number of carbonyl (C=O) groups is 3. The van der Waals surface area contributed by atoms with Gasteiger partial charge in [0, 0.05) is 5.39 Å². The van der Waals surface area contributed by atoms with Crippen LogP contribution in [0.15, 0.2) is 66.2 Å². The summed E-state index contributed by atoms with van der Waals surface area (Å²) in [5.41, 5.74) is 0.853. The molecule has 1 saturated heterocycles. The van der Waals surface area contributed by atoms with Crippen molar-refractivity contribution in [1.29, 1.82) is 0 Å². The quantitative estimate of drug-likeness (QED) is 0.533. The Balaban J connectivity index is 1.79. The molecule has 3 aromatic carbocycles. The molecule has 30 heavy (non-hydrogen) atoms. The van der Waals surface area contributed by atoms with Crippen molar-refractivity contribution in [1.82, 2.24) is 5.32 Å². The van der Waals surface area contributed by atoms with Gasteiger partial charge in [-0.3, -0.25) is 14.9 Å². The fourth-order valence-corrected chi connectivity index (χ4v) is 3.38. The molecule has 4 amide bonds. The number of ether oxygens (including phenoxy) is 2. The molecular formula is C23H18N2O5. The SMILES string of the molecule is COc1ccc(N2C(=O)NC(=O)/C(=C\c3ccc(OC)c4ccccc34)C2=O)cc1. The number of urea groups is 1. The molecule has 0 atom stereocenters. The predicted molar refractivity (Wildman–Crippen MR) is 112 cm³/mol. The molecule has 1 heterocycles. The van der Waals surface area contributed by atoms with E-state index >= 15 is 0 Å².